The summed E-state index contributed by atoms with van der Waals surface area (Å²) in [7, 11) is 1.51. The fraction of sp³-hybridized carbons (Fsp3) is 0.250. The van der Waals surface area contributed by atoms with Crippen LogP contribution in [0.5, 0.6) is 5.75 Å². The number of anilines is 1. The number of nitrogens with one attached hydrogen (secondary N) is 1. The fourth-order valence-electron chi connectivity index (χ4n) is 4.01. The number of halogens is 1. The van der Waals surface area contributed by atoms with Gasteiger partial charge in [-0.2, -0.15) is 0 Å². The van der Waals surface area contributed by atoms with Crippen molar-refractivity contribution >= 4 is 28.6 Å². The Morgan fingerprint density at radius 3 is 2.71 bits per heavy atom. The van der Waals surface area contributed by atoms with Gasteiger partial charge in [-0.15, -0.1) is 11.3 Å². The van der Waals surface area contributed by atoms with Gasteiger partial charge < -0.3 is 14.8 Å². The first kappa shape index (κ1) is 21.1. The lowest BCUT2D eigenvalue weighted by Gasteiger charge is -2.33. The average Bonchev–Trinajstić information content (AvgIpc) is 3.25. The summed E-state index contributed by atoms with van der Waals surface area (Å²) in [5.74, 6) is -0.389. The number of carbonyl (C=O) groups excluding carboxylic acids is 1. The van der Waals surface area contributed by atoms with Crippen LogP contribution in [-0.4, -0.2) is 23.6 Å². The second-order valence-electron chi connectivity index (χ2n) is 7.97. The smallest absolute Gasteiger partial charge is 0.350 e. The molecule has 160 valence electrons. The maximum Gasteiger partial charge on any atom is 0.350 e. The van der Waals surface area contributed by atoms with Crippen LogP contribution in [0.15, 0.2) is 48.1 Å². The van der Waals surface area contributed by atoms with Crippen LogP contribution in [0.25, 0.3) is 16.7 Å². The Bertz CT molecular complexity index is 1170. The molecule has 1 aromatic heterocycles. The van der Waals surface area contributed by atoms with Crippen LogP contribution >= 0.6 is 11.3 Å². The summed E-state index contributed by atoms with van der Waals surface area (Å²) in [6.07, 6.45) is 3.64. The van der Waals surface area contributed by atoms with Gasteiger partial charge in [0.05, 0.1) is 24.4 Å². The third-order valence-electron chi connectivity index (χ3n) is 5.18. The topological polar surface area (TPSA) is 60.5 Å². The number of fused-ring (bicyclic) bond motifs is 1. The number of benzene rings is 2. The molecule has 0 amide bonds. The molecule has 3 aromatic rings. The third-order valence-corrected chi connectivity index (χ3v) is 5.93. The first-order valence-corrected chi connectivity index (χ1v) is 10.7. The van der Waals surface area contributed by atoms with Crippen molar-refractivity contribution in [2.75, 3.05) is 12.4 Å². The lowest BCUT2D eigenvalue weighted by molar-refractivity contribution is 0.0478. The van der Waals surface area contributed by atoms with Gasteiger partial charge in [0, 0.05) is 28.4 Å². The van der Waals surface area contributed by atoms with E-state index in [1.54, 1.807) is 11.6 Å². The minimum atomic E-state index is -0.428. The minimum absolute atomic E-state index is 0.0586. The van der Waals surface area contributed by atoms with Crippen molar-refractivity contribution in [2.24, 2.45) is 0 Å². The maximum absolute atomic E-state index is 13.8. The van der Waals surface area contributed by atoms with Gasteiger partial charge in [0.15, 0.2) is 0 Å². The van der Waals surface area contributed by atoms with E-state index in [9.17, 15) is 9.18 Å². The predicted molar refractivity (Wildman–Crippen MR) is 121 cm³/mol. The van der Waals surface area contributed by atoms with E-state index in [1.807, 2.05) is 19.1 Å². The molecule has 0 spiro atoms. The molecule has 4 rings (SSSR count). The number of hydrogen-bond acceptors (Lipinski definition) is 6. The first-order valence-electron chi connectivity index (χ1n) is 9.82. The number of aromatic nitrogens is 1. The molecule has 5 nitrogen and oxygen atoms in total. The normalized spacial score (nSPS) is 14.3. The fourth-order valence-corrected chi connectivity index (χ4v) is 4.53. The van der Waals surface area contributed by atoms with Gasteiger partial charge in [0.25, 0.3) is 0 Å². The van der Waals surface area contributed by atoms with Gasteiger partial charge in [-0.1, -0.05) is 12.1 Å². The van der Waals surface area contributed by atoms with Crippen LogP contribution in [0.2, 0.25) is 0 Å². The molecule has 31 heavy (non-hydrogen) atoms. The zero-order chi connectivity index (χ0) is 22.2. The van der Waals surface area contributed by atoms with Gasteiger partial charge in [-0.05, 0) is 50.1 Å². The van der Waals surface area contributed by atoms with Crippen molar-refractivity contribution in [3.8, 4) is 16.9 Å². The number of nitrogens with zero attached hydrogens (tertiary/aromatic N) is 1. The Labute approximate surface area is 184 Å². The number of rotatable bonds is 5. The highest BCUT2D eigenvalue weighted by molar-refractivity contribution is 7.11. The molecule has 0 bridgehead atoms. The van der Waals surface area contributed by atoms with Gasteiger partial charge in [-0.25, -0.2) is 9.18 Å². The quantitative estimate of drug-likeness (QED) is 0.501. The molecular formula is C24H23FN2O3S. The van der Waals surface area contributed by atoms with Crippen LogP contribution in [0.3, 0.4) is 0 Å². The van der Waals surface area contributed by atoms with Crippen molar-refractivity contribution < 1.29 is 18.7 Å². The highest BCUT2D eigenvalue weighted by Gasteiger charge is 2.27. The van der Waals surface area contributed by atoms with Gasteiger partial charge in [0.1, 0.15) is 23.1 Å². The van der Waals surface area contributed by atoms with E-state index in [0.717, 1.165) is 33.5 Å². The molecule has 1 aliphatic rings. The van der Waals surface area contributed by atoms with Gasteiger partial charge in [-0.3, -0.25) is 4.98 Å². The number of ether oxygens (including phenoxy) is 2. The molecule has 7 heteroatoms. The number of methoxy groups -OCH3 is 1. The van der Waals surface area contributed by atoms with E-state index in [2.05, 4.69) is 30.2 Å². The van der Waals surface area contributed by atoms with Crippen LogP contribution in [-0.2, 0) is 11.3 Å². The number of carbonyl (C=O) groups is 1. The summed E-state index contributed by atoms with van der Waals surface area (Å²) in [4.78, 5) is 16.9. The second-order valence-corrected chi connectivity index (χ2v) is 8.86. The molecule has 0 saturated carbocycles. The summed E-state index contributed by atoms with van der Waals surface area (Å²) < 4.78 is 24.9. The summed E-state index contributed by atoms with van der Waals surface area (Å²) >= 11 is 1.23. The summed E-state index contributed by atoms with van der Waals surface area (Å²) in [6.45, 7) is 6.30. The lowest BCUT2D eigenvalue weighted by atomic mass is 9.85. The van der Waals surface area contributed by atoms with Crippen molar-refractivity contribution in [1.29, 1.82) is 0 Å². The molecule has 1 N–H and O–H groups in total. The molecule has 2 heterocycles. The molecular weight excluding hydrogens is 415 g/mol. The minimum Gasteiger partial charge on any atom is -0.496 e. The summed E-state index contributed by atoms with van der Waals surface area (Å²) in [5, 5.41) is 3.52. The van der Waals surface area contributed by atoms with Crippen LogP contribution in [0, 0.1) is 5.82 Å². The van der Waals surface area contributed by atoms with Gasteiger partial charge >= 0.3 is 5.97 Å². The van der Waals surface area contributed by atoms with E-state index >= 15 is 0 Å². The van der Waals surface area contributed by atoms with E-state index in [1.165, 1.54) is 36.8 Å². The first-order chi connectivity index (χ1) is 14.8. The molecule has 0 atom stereocenters. The van der Waals surface area contributed by atoms with E-state index in [0.29, 0.717) is 10.6 Å². The number of esters is 1. The van der Waals surface area contributed by atoms with Gasteiger partial charge in [0.2, 0.25) is 0 Å². The van der Waals surface area contributed by atoms with Crippen molar-refractivity contribution in [3.05, 3.63) is 69.9 Å². The molecule has 0 saturated heterocycles. The summed E-state index contributed by atoms with van der Waals surface area (Å²) in [5.41, 5.74) is 6.77. The standard InChI is InChI=1S/C24H23FN2O3S/c1-14-10-24(2,3)27-19-8-7-16(17-6-5-15(25)9-20(17)29-4)18(22(14)19)12-30-23(28)21-11-26-13-31-21/h5-11,13,27H,12H2,1-4H3. The summed E-state index contributed by atoms with van der Waals surface area (Å²) in [6, 6.07) is 8.39. The molecule has 2 aromatic carbocycles. The van der Waals surface area contributed by atoms with Crippen molar-refractivity contribution in [1.82, 2.24) is 4.98 Å². The Morgan fingerprint density at radius 2 is 2.00 bits per heavy atom. The van der Waals surface area contributed by atoms with E-state index in [4.69, 9.17) is 9.47 Å². The molecule has 0 unspecified atom stereocenters. The zero-order valence-electron chi connectivity index (χ0n) is 17.8. The number of thiazole rings is 1. The van der Waals surface area contributed by atoms with Crippen LogP contribution in [0.4, 0.5) is 10.1 Å². The third kappa shape index (κ3) is 4.18. The second kappa shape index (κ2) is 8.15. The number of allylic oxidation sites excluding steroid dienone is 1. The molecule has 0 radical (unpaired) electrons. The number of hydrogen-bond donors (Lipinski definition) is 1. The lowest BCUT2D eigenvalue weighted by Crippen LogP contribution is -2.32. The predicted octanol–water partition coefficient (Wildman–Crippen LogP) is 5.92. The average molecular weight is 439 g/mol. The molecule has 0 aliphatic carbocycles. The van der Waals surface area contributed by atoms with E-state index in [-0.39, 0.29) is 18.0 Å². The Kier molecular flexibility index (Phi) is 5.54. The maximum atomic E-state index is 13.8. The van der Waals surface area contributed by atoms with Crippen molar-refractivity contribution in [3.63, 3.8) is 0 Å². The zero-order valence-corrected chi connectivity index (χ0v) is 18.6. The highest BCUT2D eigenvalue weighted by Crippen LogP contribution is 2.42. The highest BCUT2D eigenvalue weighted by atomic mass is 32.1. The molecule has 0 fully saturated rings. The van der Waals surface area contributed by atoms with Crippen LogP contribution in [0.1, 0.15) is 41.6 Å². The Morgan fingerprint density at radius 1 is 1.23 bits per heavy atom. The SMILES string of the molecule is COc1cc(F)ccc1-c1ccc2c(c1COC(=O)c1cncs1)C(C)=CC(C)(C)N2. The van der Waals surface area contributed by atoms with E-state index < -0.39 is 5.97 Å². The monoisotopic (exact) mass is 438 g/mol. The van der Waals surface area contributed by atoms with Crippen molar-refractivity contribution in [2.45, 2.75) is 32.9 Å². The largest absolute Gasteiger partial charge is 0.496 e. The molecule has 1 aliphatic heterocycles. The van der Waals surface area contributed by atoms with Crippen LogP contribution < -0.4 is 10.1 Å². The Hall–Kier alpha value is -3.19. The Balaban J connectivity index is 1.84.